The second-order valence-electron chi connectivity index (χ2n) is 7.26. The Morgan fingerprint density at radius 2 is 1.94 bits per heavy atom. The predicted molar refractivity (Wildman–Crippen MR) is 112 cm³/mol. The van der Waals surface area contributed by atoms with Gasteiger partial charge in [-0.05, 0) is 52.7 Å². The number of aromatic nitrogens is 4. The average molecular weight is 463 g/mol. The van der Waals surface area contributed by atoms with Crippen LogP contribution in [0, 0.1) is 5.82 Å². The Bertz CT molecular complexity index is 1130. The highest BCUT2D eigenvalue weighted by molar-refractivity contribution is 5.97. The molecule has 11 heteroatoms. The Balaban J connectivity index is 1.92. The first-order chi connectivity index (χ1) is 15.7. The lowest BCUT2D eigenvalue weighted by Gasteiger charge is -2.25. The number of benzene rings is 2. The van der Waals surface area contributed by atoms with Gasteiger partial charge in [-0.2, -0.15) is 17.9 Å². The van der Waals surface area contributed by atoms with Crippen molar-refractivity contribution in [3.05, 3.63) is 77.9 Å². The fraction of sp³-hybridized carbons (Fsp3) is 0.273. The molecule has 0 radical (unpaired) electrons. The number of methoxy groups -OCH3 is 1. The number of carbonyl (C=O) groups is 1. The van der Waals surface area contributed by atoms with E-state index < -0.39 is 17.9 Å². The molecule has 0 fully saturated rings. The lowest BCUT2D eigenvalue weighted by Crippen LogP contribution is -2.31. The summed E-state index contributed by atoms with van der Waals surface area (Å²) in [5.41, 5.74) is 0.809. The maximum absolute atomic E-state index is 13.3. The summed E-state index contributed by atoms with van der Waals surface area (Å²) in [6, 6.07) is 9.89. The van der Waals surface area contributed by atoms with E-state index in [0.29, 0.717) is 11.1 Å². The van der Waals surface area contributed by atoms with Gasteiger partial charge in [-0.3, -0.25) is 4.79 Å². The van der Waals surface area contributed by atoms with E-state index in [1.165, 1.54) is 42.3 Å². The molecule has 1 amide bonds. The number of tetrazole rings is 1. The molecule has 0 saturated carbocycles. The Kier molecular flexibility index (Phi) is 7.10. The third-order valence-corrected chi connectivity index (χ3v) is 5.01. The summed E-state index contributed by atoms with van der Waals surface area (Å²) in [6.07, 6.45) is -2.55. The molecule has 0 saturated heterocycles. The summed E-state index contributed by atoms with van der Waals surface area (Å²) in [7, 11) is 2.91. The van der Waals surface area contributed by atoms with Crippen molar-refractivity contribution in [2.45, 2.75) is 18.5 Å². The Hall–Kier alpha value is -3.76. The Labute approximate surface area is 187 Å². The van der Waals surface area contributed by atoms with E-state index in [9.17, 15) is 22.4 Å². The maximum atomic E-state index is 13.3. The fourth-order valence-electron chi connectivity index (χ4n) is 3.40. The first kappa shape index (κ1) is 23.9. The van der Waals surface area contributed by atoms with Crippen LogP contribution in [0.5, 0.6) is 5.75 Å². The number of amides is 1. The first-order valence-corrected chi connectivity index (χ1v) is 9.81. The Morgan fingerprint density at radius 1 is 1.24 bits per heavy atom. The number of likely N-dealkylation sites (N-methyl/N-ethyl adjacent to an activating group) is 1. The molecule has 0 aliphatic heterocycles. The molecule has 0 aliphatic carbocycles. The van der Waals surface area contributed by atoms with Crippen LogP contribution >= 0.6 is 0 Å². The van der Waals surface area contributed by atoms with Gasteiger partial charge >= 0.3 is 6.18 Å². The lowest BCUT2D eigenvalue weighted by atomic mass is 9.95. The zero-order chi connectivity index (χ0) is 24.2. The van der Waals surface area contributed by atoms with E-state index in [0.717, 1.165) is 5.56 Å². The molecule has 3 aromatic rings. The quantitative estimate of drug-likeness (QED) is 0.369. The lowest BCUT2D eigenvalue weighted by molar-refractivity contribution is -0.146. The van der Waals surface area contributed by atoms with Gasteiger partial charge in [0, 0.05) is 19.5 Å². The summed E-state index contributed by atoms with van der Waals surface area (Å²) in [5, 5.41) is 9.53. The van der Waals surface area contributed by atoms with Crippen LogP contribution in [0.4, 0.5) is 17.6 Å². The number of carbonyl (C=O) groups excluding carboxylic acids is 1. The van der Waals surface area contributed by atoms with Gasteiger partial charge in [0.15, 0.2) is 0 Å². The van der Waals surface area contributed by atoms with Gasteiger partial charge in [-0.1, -0.05) is 18.2 Å². The van der Waals surface area contributed by atoms with Gasteiger partial charge in [0.25, 0.3) is 11.7 Å². The van der Waals surface area contributed by atoms with E-state index in [4.69, 9.17) is 4.74 Å². The van der Waals surface area contributed by atoms with Gasteiger partial charge in [0.2, 0.25) is 0 Å². The molecular weight excluding hydrogens is 442 g/mol. The van der Waals surface area contributed by atoms with Gasteiger partial charge < -0.3 is 9.64 Å². The maximum Gasteiger partial charge on any atom is 0.453 e. The largest absolute Gasteiger partial charge is 0.496 e. The van der Waals surface area contributed by atoms with E-state index in [1.54, 1.807) is 25.3 Å². The van der Waals surface area contributed by atoms with Crippen LogP contribution in [0.25, 0.3) is 5.69 Å². The van der Waals surface area contributed by atoms with Crippen molar-refractivity contribution >= 4 is 5.91 Å². The molecule has 7 nitrogen and oxygen atoms in total. The standard InChI is InChI=1S/C22H21F4N5O2/c1-4-5-15(14-6-8-16(23)9-7-14)13-30(2)20(32)18-12-17(10-11-19(18)33-3)31-21(22(24,25)26)27-28-29-31/h4,6-12,15H,1,5,13H2,2-3H3. The predicted octanol–water partition coefficient (Wildman–Crippen LogP) is 4.26. The molecule has 2 aromatic carbocycles. The van der Waals surface area contributed by atoms with Crippen molar-refractivity contribution in [3.8, 4) is 11.4 Å². The van der Waals surface area contributed by atoms with Crippen LogP contribution in [0.3, 0.4) is 0 Å². The minimum Gasteiger partial charge on any atom is -0.496 e. The number of nitrogens with zero attached hydrogens (tertiary/aromatic N) is 5. The van der Waals surface area contributed by atoms with Crippen LogP contribution in [0.15, 0.2) is 55.1 Å². The molecule has 0 spiro atoms. The summed E-state index contributed by atoms with van der Waals surface area (Å²) in [5.74, 6) is -2.15. The highest BCUT2D eigenvalue weighted by Crippen LogP contribution is 2.30. The average Bonchev–Trinajstić information content (AvgIpc) is 3.29. The van der Waals surface area contributed by atoms with E-state index in [-0.39, 0.29) is 35.3 Å². The highest BCUT2D eigenvalue weighted by Gasteiger charge is 2.38. The molecule has 33 heavy (non-hydrogen) atoms. The second-order valence-corrected chi connectivity index (χ2v) is 7.26. The van der Waals surface area contributed by atoms with E-state index >= 15 is 0 Å². The number of halogens is 4. The van der Waals surface area contributed by atoms with Crippen LogP contribution in [-0.2, 0) is 6.18 Å². The van der Waals surface area contributed by atoms with Crippen LogP contribution in [-0.4, -0.2) is 51.7 Å². The molecule has 0 bridgehead atoms. The molecule has 0 aliphatic rings. The van der Waals surface area contributed by atoms with Gasteiger partial charge in [0.1, 0.15) is 11.6 Å². The molecule has 174 valence electrons. The van der Waals surface area contributed by atoms with Gasteiger partial charge in [-0.25, -0.2) is 4.39 Å². The minimum absolute atomic E-state index is 0.0394. The topological polar surface area (TPSA) is 73.1 Å². The van der Waals surface area contributed by atoms with Crippen LogP contribution < -0.4 is 4.74 Å². The molecular formula is C22H21F4N5O2. The van der Waals surface area contributed by atoms with Gasteiger partial charge in [-0.15, -0.1) is 11.7 Å². The summed E-state index contributed by atoms with van der Waals surface area (Å²) in [4.78, 5) is 14.7. The molecule has 1 heterocycles. The van der Waals surface area contributed by atoms with E-state index in [1.807, 2.05) is 0 Å². The molecule has 0 N–H and O–H groups in total. The molecule has 1 atom stereocenters. The normalized spacial score (nSPS) is 12.3. The summed E-state index contributed by atoms with van der Waals surface area (Å²) >= 11 is 0. The molecule has 1 unspecified atom stereocenters. The minimum atomic E-state index is -4.78. The second kappa shape index (κ2) is 9.80. The van der Waals surface area contributed by atoms with Crippen LogP contribution in [0.1, 0.15) is 34.1 Å². The SMILES string of the molecule is C=CCC(CN(C)C(=O)c1cc(-n2nnnc2C(F)(F)F)ccc1OC)c1ccc(F)cc1. The first-order valence-electron chi connectivity index (χ1n) is 9.81. The zero-order valence-electron chi connectivity index (χ0n) is 17.9. The highest BCUT2D eigenvalue weighted by atomic mass is 19.4. The number of hydrogen-bond acceptors (Lipinski definition) is 5. The number of rotatable bonds is 8. The number of ether oxygens (including phenoxy) is 1. The van der Waals surface area contributed by atoms with Gasteiger partial charge in [0.05, 0.1) is 18.4 Å². The Morgan fingerprint density at radius 3 is 2.55 bits per heavy atom. The third-order valence-electron chi connectivity index (χ3n) is 5.01. The summed E-state index contributed by atoms with van der Waals surface area (Å²) < 4.78 is 58.7. The van der Waals surface area contributed by atoms with Crippen molar-refractivity contribution in [2.24, 2.45) is 0 Å². The monoisotopic (exact) mass is 463 g/mol. The van der Waals surface area contributed by atoms with Crippen molar-refractivity contribution < 1.29 is 27.1 Å². The van der Waals surface area contributed by atoms with Crippen molar-refractivity contribution in [2.75, 3.05) is 20.7 Å². The van der Waals surface area contributed by atoms with E-state index in [2.05, 4.69) is 22.1 Å². The zero-order valence-corrected chi connectivity index (χ0v) is 17.9. The van der Waals surface area contributed by atoms with Crippen molar-refractivity contribution in [1.29, 1.82) is 0 Å². The summed E-state index contributed by atoms with van der Waals surface area (Å²) in [6.45, 7) is 3.99. The fourth-order valence-corrected chi connectivity index (χ4v) is 3.40. The van der Waals surface area contributed by atoms with Crippen molar-refractivity contribution in [1.82, 2.24) is 25.1 Å². The number of allylic oxidation sites excluding steroid dienone is 1. The number of alkyl halides is 3. The number of hydrogen-bond donors (Lipinski definition) is 0. The third kappa shape index (κ3) is 5.36. The molecule has 1 aromatic heterocycles. The van der Waals surface area contributed by atoms with Crippen molar-refractivity contribution in [3.63, 3.8) is 0 Å². The molecule has 3 rings (SSSR count). The van der Waals surface area contributed by atoms with Crippen LogP contribution in [0.2, 0.25) is 0 Å². The smallest absolute Gasteiger partial charge is 0.453 e.